The van der Waals surface area contributed by atoms with E-state index in [2.05, 4.69) is 20.9 Å². The highest BCUT2D eigenvalue weighted by molar-refractivity contribution is 9.10. The number of hydrogen-bond acceptors (Lipinski definition) is 1. The Labute approximate surface area is 93.5 Å². The van der Waals surface area contributed by atoms with Gasteiger partial charge in [0.1, 0.15) is 16.1 Å². The highest BCUT2D eigenvalue weighted by Crippen LogP contribution is 2.23. The lowest BCUT2D eigenvalue weighted by Crippen LogP contribution is -1.88. The third-order valence-electron chi connectivity index (χ3n) is 2.38. The molecule has 0 bridgehead atoms. The molecule has 0 amide bonds. The van der Waals surface area contributed by atoms with Crippen LogP contribution in [0.3, 0.4) is 0 Å². The van der Waals surface area contributed by atoms with E-state index in [1.54, 1.807) is 16.7 Å². The SMILES string of the molecule is Fc1cn2cc(Br)nc2c2ccccc12. The van der Waals surface area contributed by atoms with Gasteiger partial charge in [-0.15, -0.1) is 0 Å². The van der Waals surface area contributed by atoms with Crippen LogP contribution in [0.4, 0.5) is 4.39 Å². The molecule has 4 heteroatoms. The number of aromatic nitrogens is 2. The maximum Gasteiger partial charge on any atom is 0.147 e. The molecule has 0 aliphatic heterocycles. The van der Waals surface area contributed by atoms with Gasteiger partial charge in [-0.2, -0.15) is 0 Å². The first kappa shape index (κ1) is 8.85. The number of fused-ring (bicyclic) bond motifs is 3. The number of halogens is 2. The molecule has 2 nitrogen and oxygen atoms in total. The molecule has 2 aromatic heterocycles. The lowest BCUT2D eigenvalue weighted by atomic mass is 10.1. The fourth-order valence-corrected chi connectivity index (χ4v) is 2.13. The van der Waals surface area contributed by atoms with Crippen LogP contribution in [0.5, 0.6) is 0 Å². The minimum absolute atomic E-state index is 0.233. The van der Waals surface area contributed by atoms with E-state index in [0.717, 1.165) is 11.0 Å². The summed E-state index contributed by atoms with van der Waals surface area (Å²) in [6.07, 6.45) is 3.18. The molecular weight excluding hydrogens is 259 g/mol. The second-order valence-electron chi connectivity index (χ2n) is 3.32. The van der Waals surface area contributed by atoms with Gasteiger partial charge in [0.25, 0.3) is 0 Å². The Bertz CT molecular complexity index is 660. The molecule has 0 radical (unpaired) electrons. The van der Waals surface area contributed by atoms with Crippen LogP contribution in [0.2, 0.25) is 0 Å². The van der Waals surface area contributed by atoms with Gasteiger partial charge in [-0.25, -0.2) is 9.37 Å². The van der Waals surface area contributed by atoms with Gasteiger partial charge in [-0.3, -0.25) is 0 Å². The predicted octanol–water partition coefficient (Wildman–Crippen LogP) is 3.39. The van der Waals surface area contributed by atoms with Gasteiger partial charge < -0.3 is 4.40 Å². The molecule has 74 valence electrons. The van der Waals surface area contributed by atoms with Crippen molar-refractivity contribution in [3.05, 3.63) is 47.1 Å². The van der Waals surface area contributed by atoms with E-state index in [-0.39, 0.29) is 5.82 Å². The van der Waals surface area contributed by atoms with Gasteiger partial charge in [-0.05, 0) is 15.9 Å². The van der Waals surface area contributed by atoms with Crippen molar-refractivity contribution >= 4 is 32.3 Å². The van der Waals surface area contributed by atoms with Gasteiger partial charge in [0.15, 0.2) is 0 Å². The molecule has 0 fully saturated rings. The van der Waals surface area contributed by atoms with E-state index >= 15 is 0 Å². The Balaban J connectivity index is 2.62. The summed E-state index contributed by atoms with van der Waals surface area (Å²) in [4.78, 5) is 4.30. The van der Waals surface area contributed by atoms with Crippen LogP contribution in [0.15, 0.2) is 41.3 Å². The van der Waals surface area contributed by atoms with Crippen LogP contribution >= 0.6 is 15.9 Å². The van der Waals surface area contributed by atoms with E-state index in [9.17, 15) is 4.39 Å². The Morgan fingerprint density at radius 2 is 1.87 bits per heavy atom. The van der Waals surface area contributed by atoms with Gasteiger partial charge in [0.05, 0.1) is 0 Å². The van der Waals surface area contributed by atoms with E-state index < -0.39 is 0 Å². The summed E-state index contributed by atoms with van der Waals surface area (Å²) in [5.41, 5.74) is 0.763. The summed E-state index contributed by atoms with van der Waals surface area (Å²) in [6.45, 7) is 0. The molecule has 0 saturated carbocycles. The number of imidazole rings is 1. The molecule has 2 heterocycles. The first-order chi connectivity index (χ1) is 7.25. The fraction of sp³-hybridized carbons (Fsp3) is 0. The minimum Gasteiger partial charge on any atom is -0.302 e. The second kappa shape index (κ2) is 3.03. The number of nitrogens with zero attached hydrogens (tertiary/aromatic N) is 2. The van der Waals surface area contributed by atoms with E-state index in [0.29, 0.717) is 9.99 Å². The van der Waals surface area contributed by atoms with E-state index in [1.807, 2.05) is 18.2 Å². The first-order valence-corrected chi connectivity index (χ1v) is 5.26. The predicted molar refractivity (Wildman–Crippen MR) is 60.4 cm³/mol. The molecule has 3 rings (SSSR count). The third kappa shape index (κ3) is 1.25. The maximum atomic E-state index is 13.7. The van der Waals surface area contributed by atoms with Crippen molar-refractivity contribution in [2.75, 3.05) is 0 Å². The topological polar surface area (TPSA) is 17.3 Å². The Hall–Kier alpha value is -1.42. The lowest BCUT2D eigenvalue weighted by molar-refractivity contribution is 0.631. The van der Waals surface area contributed by atoms with Crippen LogP contribution in [-0.4, -0.2) is 9.38 Å². The molecule has 1 aromatic carbocycles. The van der Waals surface area contributed by atoms with Gasteiger partial charge in [0.2, 0.25) is 0 Å². The largest absolute Gasteiger partial charge is 0.302 e. The summed E-state index contributed by atoms with van der Waals surface area (Å²) < 4.78 is 16.1. The standard InChI is InChI=1S/C11H6BrFN2/c12-10-6-15-5-9(13)7-3-1-2-4-8(7)11(15)14-10/h1-6H. The Morgan fingerprint density at radius 1 is 1.13 bits per heavy atom. The van der Waals surface area contributed by atoms with Crippen LogP contribution < -0.4 is 0 Å². The number of rotatable bonds is 0. The highest BCUT2D eigenvalue weighted by Gasteiger charge is 2.07. The monoisotopic (exact) mass is 264 g/mol. The van der Waals surface area contributed by atoms with Crippen molar-refractivity contribution in [3.8, 4) is 0 Å². The zero-order valence-electron chi connectivity index (χ0n) is 7.61. The quantitative estimate of drug-likeness (QED) is 0.609. The molecule has 0 atom stereocenters. The van der Waals surface area contributed by atoms with Crippen LogP contribution in [0.1, 0.15) is 0 Å². The molecular formula is C11H6BrFN2. The van der Waals surface area contributed by atoms with Crippen molar-refractivity contribution in [1.29, 1.82) is 0 Å². The molecule has 0 spiro atoms. The normalized spacial score (nSPS) is 11.3. The van der Waals surface area contributed by atoms with Crippen LogP contribution in [0, 0.1) is 5.82 Å². The highest BCUT2D eigenvalue weighted by atomic mass is 79.9. The van der Waals surface area contributed by atoms with Gasteiger partial charge in [0, 0.05) is 23.2 Å². The molecule has 0 N–H and O–H groups in total. The Kier molecular flexibility index (Phi) is 1.79. The van der Waals surface area contributed by atoms with Gasteiger partial charge in [-0.1, -0.05) is 24.3 Å². The summed E-state index contributed by atoms with van der Waals surface area (Å²) in [5, 5.41) is 1.42. The zero-order valence-corrected chi connectivity index (χ0v) is 9.20. The molecule has 0 saturated heterocycles. The summed E-state index contributed by atoms with van der Waals surface area (Å²) in [6, 6.07) is 7.32. The molecule has 0 unspecified atom stereocenters. The van der Waals surface area contributed by atoms with Crippen molar-refractivity contribution in [1.82, 2.24) is 9.38 Å². The summed E-state index contributed by atoms with van der Waals surface area (Å²) in [5.74, 6) is -0.233. The van der Waals surface area contributed by atoms with Crippen molar-refractivity contribution < 1.29 is 4.39 Å². The lowest BCUT2D eigenvalue weighted by Gasteiger charge is -2.01. The molecule has 0 aliphatic rings. The average molecular weight is 265 g/mol. The fourth-order valence-electron chi connectivity index (χ4n) is 1.74. The van der Waals surface area contributed by atoms with Crippen molar-refractivity contribution in [2.45, 2.75) is 0 Å². The average Bonchev–Trinajstić information content (AvgIpc) is 2.59. The minimum atomic E-state index is -0.233. The number of benzene rings is 1. The third-order valence-corrected chi connectivity index (χ3v) is 2.76. The maximum absolute atomic E-state index is 13.7. The van der Waals surface area contributed by atoms with E-state index in [4.69, 9.17) is 0 Å². The zero-order chi connectivity index (χ0) is 10.4. The smallest absolute Gasteiger partial charge is 0.147 e. The van der Waals surface area contributed by atoms with Crippen molar-refractivity contribution in [2.24, 2.45) is 0 Å². The van der Waals surface area contributed by atoms with Gasteiger partial charge >= 0.3 is 0 Å². The summed E-state index contributed by atoms with van der Waals surface area (Å²) in [7, 11) is 0. The summed E-state index contributed by atoms with van der Waals surface area (Å²) >= 11 is 3.28. The van der Waals surface area contributed by atoms with Crippen LogP contribution in [-0.2, 0) is 0 Å². The number of pyridine rings is 1. The second-order valence-corrected chi connectivity index (χ2v) is 4.13. The Morgan fingerprint density at radius 3 is 2.67 bits per heavy atom. The number of hydrogen-bond donors (Lipinski definition) is 0. The van der Waals surface area contributed by atoms with Crippen LogP contribution in [0.25, 0.3) is 16.4 Å². The van der Waals surface area contributed by atoms with Crippen molar-refractivity contribution in [3.63, 3.8) is 0 Å². The molecule has 15 heavy (non-hydrogen) atoms. The molecule has 0 aliphatic carbocycles. The molecule has 3 aromatic rings. The van der Waals surface area contributed by atoms with E-state index in [1.165, 1.54) is 6.20 Å². The first-order valence-electron chi connectivity index (χ1n) is 4.47.